The van der Waals surface area contributed by atoms with Gasteiger partial charge in [0.05, 0.1) is 13.2 Å². The van der Waals surface area contributed by atoms with Gasteiger partial charge in [0.25, 0.3) is 5.91 Å². The molecule has 2 rings (SSSR count). The maximum absolute atomic E-state index is 12.4. The molecule has 0 radical (unpaired) electrons. The van der Waals surface area contributed by atoms with Crippen LogP contribution in [0.25, 0.3) is 0 Å². The van der Waals surface area contributed by atoms with Crippen molar-refractivity contribution in [2.75, 3.05) is 13.2 Å². The summed E-state index contributed by atoms with van der Waals surface area (Å²) in [6.45, 7) is 10.9. The number of benzene rings is 2. The van der Waals surface area contributed by atoms with Gasteiger partial charge in [-0.05, 0) is 75.6 Å². The summed E-state index contributed by atoms with van der Waals surface area (Å²) in [5.74, 6) is 1.80. The smallest absolute Gasteiger partial charge is 0.261 e. The minimum atomic E-state index is -0.631. The second-order valence-corrected chi connectivity index (χ2v) is 6.87. The Hall–Kier alpha value is -2.40. The van der Waals surface area contributed by atoms with Crippen molar-refractivity contribution in [1.29, 1.82) is 0 Å². The van der Waals surface area contributed by atoms with Crippen LogP contribution in [0.4, 0.5) is 0 Å². The zero-order chi connectivity index (χ0) is 20.7. The van der Waals surface area contributed by atoms with Crippen LogP contribution in [-0.2, 0) is 11.3 Å². The SMILES string of the molecule is CCOc1ccc(CNC(=O)[C@@H](C)Oc2cc(C)c(Cl)c(C)c2)cc1OCC. The van der Waals surface area contributed by atoms with Gasteiger partial charge in [0.2, 0.25) is 0 Å². The van der Waals surface area contributed by atoms with E-state index in [1.807, 2.05) is 58.0 Å². The van der Waals surface area contributed by atoms with Crippen molar-refractivity contribution in [2.24, 2.45) is 0 Å². The van der Waals surface area contributed by atoms with Crippen LogP contribution in [0.2, 0.25) is 5.02 Å². The lowest BCUT2D eigenvalue weighted by Gasteiger charge is -2.17. The molecule has 0 spiro atoms. The Morgan fingerprint density at radius 1 is 1.04 bits per heavy atom. The molecule has 28 heavy (non-hydrogen) atoms. The molecule has 0 saturated heterocycles. The molecule has 2 aromatic carbocycles. The van der Waals surface area contributed by atoms with Gasteiger partial charge < -0.3 is 19.5 Å². The van der Waals surface area contributed by atoms with E-state index in [-0.39, 0.29) is 5.91 Å². The van der Waals surface area contributed by atoms with Crippen LogP contribution < -0.4 is 19.5 Å². The summed E-state index contributed by atoms with van der Waals surface area (Å²) in [7, 11) is 0. The van der Waals surface area contributed by atoms with Gasteiger partial charge >= 0.3 is 0 Å². The van der Waals surface area contributed by atoms with Crippen molar-refractivity contribution >= 4 is 17.5 Å². The van der Waals surface area contributed by atoms with Gasteiger partial charge in [-0.15, -0.1) is 0 Å². The van der Waals surface area contributed by atoms with Crippen LogP contribution in [0, 0.1) is 13.8 Å². The van der Waals surface area contributed by atoms with Crippen molar-refractivity contribution in [3.63, 3.8) is 0 Å². The van der Waals surface area contributed by atoms with E-state index in [1.54, 1.807) is 6.92 Å². The predicted molar refractivity (Wildman–Crippen MR) is 112 cm³/mol. The van der Waals surface area contributed by atoms with Gasteiger partial charge in [0.1, 0.15) is 5.75 Å². The Balaban J connectivity index is 1.98. The van der Waals surface area contributed by atoms with Crippen LogP contribution in [-0.4, -0.2) is 25.2 Å². The first kappa shape index (κ1) is 21.9. The molecule has 2 aromatic rings. The van der Waals surface area contributed by atoms with Crippen LogP contribution in [0.3, 0.4) is 0 Å². The Morgan fingerprint density at radius 2 is 1.64 bits per heavy atom. The number of amides is 1. The van der Waals surface area contributed by atoms with Crippen molar-refractivity contribution in [2.45, 2.75) is 47.3 Å². The molecular formula is C22H28ClNO4. The van der Waals surface area contributed by atoms with Crippen molar-refractivity contribution in [3.8, 4) is 17.2 Å². The van der Waals surface area contributed by atoms with E-state index in [0.717, 1.165) is 16.7 Å². The average Bonchev–Trinajstić information content (AvgIpc) is 2.66. The maximum atomic E-state index is 12.4. The van der Waals surface area contributed by atoms with Gasteiger partial charge in [-0.2, -0.15) is 0 Å². The zero-order valence-electron chi connectivity index (χ0n) is 17.1. The van der Waals surface area contributed by atoms with E-state index in [4.69, 9.17) is 25.8 Å². The first-order valence-corrected chi connectivity index (χ1v) is 9.83. The lowest BCUT2D eigenvalue weighted by molar-refractivity contribution is -0.127. The molecule has 1 amide bonds. The number of carbonyl (C=O) groups excluding carboxylic acids is 1. The highest BCUT2D eigenvalue weighted by Crippen LogP contribution is 2.29. The van der Waals surface area contributed by atoms with E-state index in [9.17, 15) is 4.79 Å². The third-order valence-corrected chi connectivity index (χ3v) is 4.76. The predicted octanol–water partition coefficient (Wildman–Crippen LogP) is 4.84. The standard InChI is InChI=1S/C22H28ClNO4/c1-6-26-19-9-8-17(12-20(19)27-7-2)13-24-22(25)16(5)28-18-10-14(3)21(23)15(4)11-18/h8-12,16H,6-7,13H2,1-5H3,(H,24,25)/t16-/m1/s1. The lowest BCUT2D eigenvalue weighted by atomic mass is 10.1. The molecule has 0 saturated carbocycles. The summed E-state index contributed by atoms with van der Waals surface area (Å²) in [6.07, 6.45) is -0.631. The van der Waals surface area contributed by atoms with Crippen LogP contribution in [0.15, 0.2) is 30.3 Å². The molecule has 0 aliphatic heterocycles. The second-order valence-electron chi connectivity index (χ2n) is 6.50. The van der Waals surface area contributed by atoms with Crippen LogP contribution in [0.1, 0.15) is 37.5 Å². The largest absolute Gasteiger partial charge is 0.490 e. The summed E-state index contributed by atoms with van der Waals surface area (Å²) in [6, 6.07) is 9.31. The number of aryl methyl sites for hydroxylation is 2. The van der Waals surface area contributed by atoms with Gasteiger partial charge in [-0.1, -0.05) is 17.7 Å². The van der Waals surface area contributed by atoms with Crippen molar-refractivity contribution in [1.82, 2.24) is 5.32 Å². The number of rotatable bonds is 9. The van der Waals surface area contributed by atoms with Gasteiger partial charge in [0, 0.05) is 11.6 Å². The normalized spacial score (nSPS) is 11.6. The second kappa shape index (κ2) is 10.2. The topological polar surface area (TPSA) is 56.8 Å². The summed E-state index contributed by atoms with van der Waals surface area (Å²) in [5, 5.41) is 3.61. The minimum absolute atomic E-state index is 0.197. The average molecular weight is 406 g/mol. The molecule has 0 unspecified atom stereocenters. The van der Waals surface area contributed by atoms with Gasteiger partial charge in [-0.3, -0.25) is 4.79 Å². The van der Waals surface area contributed by atoms with E-state index < -0.39 is 6.10 Å². The van der Waals surface area contributed by atoms with Crippen molar-refractivity contribution < 1.29 is 19.0 Å². The highest BCUT2D eigenvalue weighted by atomic mass is 35.5. The number of halogens is 1. The number of hydrogen-bond donors (Lipinski definition) is 1. The Labute approximate surface area is 171 Å². The van der Waals surface area contributed by atoms with E-state index in [2.05, 4.69) is 5.32 Å². The monoisotopic (exact) mass is 405 g/mol. The first-order chi connectivity index (χ1) is 13.3. The van der Waals surface area contributed by atoms with Gasteiger partial charge in [0.15, 0.2) is 17.6 Å². The third-order valence-electron chi connectivity index (χ3n) is 4.17. The molecule has 0 aromatic heterocycles. The molecule has 0 heterocycles. The molecule has 0 bridgehead atoms. The summed E-state index contributed by atoms with van der Waals surface area (Å²) < 4.78 is 17.0. The molecule has 0 aliphatic rings. The number of hydrogen-bond acceptors (Lipinski definition) is 4. The summed E-state index contributed by atoms with van der Waals surface area (Å²) >= 11 is 6.18. The van der Waals surface area contributed by atoms with Crippen molar-refractivity contribution in [3.05, 3.63) is 52.0 Å². The number of carbonyl (C=O) groups is 1. The molecule has 5 nitrogen and oxygen atoms in total. The molecule has 152 valence electrons. The molecule has 1 atom stereocenters. The highest BCUT2D eigenvalue weighted by molar-refractivity contribution is 6.32. The Morgan fingerprint density at radius 3 is 2.25 bits per heavy atom. The summed E-state index contributed by atoms with van der Waals surface area (Å²) in [4.78, 5) is 12.4. The number of nitrogens with one attached hydrogen (secondary N) is 1. The lowest BCUT2D eigenvalue weighted by Crippen LogP contribution is -2.35. The fraction of sp³-hybridized carbons (Fsp3) is 0.409. The molecular weight excluding hydrogens is 378 g/mol. The summed E-state index contributed by atoms with van der Waals surface area (Å²) in [5.41, 5.74) is 2.76. The third kappa shape index (κ3) is 5.80. The Bertz CT molecular complexity index is 799. The first-order valence-electron chi connectivity index (χ1n) is 9.45. The molecule has 0 fully saturated rings. The van der Waals surface area contributed by atoms with E-state index >= 15 is 0 Å². The van der Waals surface area contributed by atoms with Crippen LogP contribution in [0.5, 0.6) is 17.2 Å². The molecule has 1 N–H and O–H groups in total. The fourth-order valence-electron chi connectivity index (χ4n) is 2.77. The highest BCUT2D eigenvalue weighted by Gasteiger charge is 2.16. The molecule has 0 aliphatic carbocycles. The zero-order valence-corrected chi connectivity index (χ0v) is 17.9. The van der Waals surface area contributed by atoms with E-state index in [0.29, 0.717) is 42.0 Å². The quantitative estimate of drug-likeness (QED) is 0.648. The number of ether oxygens (including phenoxy) is 3. The van der Waals surface area contributed by atoms with Gasteiger partial charge in [-0.25, -0.2) is 0 Å². The minimum Gasteiger partial charge on any atom is -0.490 e. The van der Waals surface area contributed by atoms with E-state index in [1.165, 1.54) is 0 Å². The fourth-order valence-corrected chi connectivity index (χ4v) is 2.88. The van der Waals surface area contributed by atoms with Crippen LogP contribution >= 0.6 is 11.6 Å². The Kier molecular flexibility index (Phi) is 8.00. The maximum Gasteiger partial charge on any atom is 0.261 e. The molecule has 6 heteroatoms.